The molecule has 1 amide bonds. The maximum Gasteiger partial charge on any atom is 0.325 e. The summed E-state index contributed by atoms with van der Waals surface area (Å²) >= 11 is 2.16. The van der Waals surface area contributed by atoms with Crippen molar-refractivity contribution in [3.05, 3.63) is 32.9 Å². The van der Waals surface area contributed by atoms with Crippen molar-refractivity contribution in [2.45, 2.75) is 6.92 Å². The predicted octanol–water partition coefficient (Wildman–Crippen LogP) is 1.50. The van der Waals surface area contributed by atoms with Gasteiger partial charge in [-0.2, -0.15) is 0 Å². The Morgan fingerprint density at radius 3 is 2.69 bits per heavy atom. The van der Waals surface area contributed by atoms with Gasteiger partial charge in [0.25, 0.3) is 5.91 Å². The number of ether oxygens (including phenoxy) is 1. The zero-order valence-electron chi connectivity index (χ0n) is 9.04. The summed E-state index contributed by atoms with van der Waals surface area (Å²) in [6.07, 6.45) is 0. The van der Waals surface area contributed by atoms with Gasteiger partial charge < -0.3 is 10.1 Å². The highest BCUT2D eigenvalue weighted by Crippen LogP contribution is 2.13. The first-order valence-electron chi connectivity index (χ1n) is 4.65. The van der Waals surface area contributed by atoms with E-state index in [1.807, 2.05) is 13.0 Å². The van der Waals surface area contributed by atoms with Crippen LogP contribution in [-0.2, 0) is 9.53 Å². The van der Waals surface area contributed by atoms with Crippen molar-refractivity contribution in [1.82, 2.24) is 5.32 Å². The smallest absolute Gasteiger partial charge is 0.325 e. The monoisotopic (exact) mass is 333 g/mol. The summed E-state index contributed by atoms with van der Waals surface area (Å²) < 4.78 is 5.44. The Morgan fingerprint density at radius 2 is 2.12 bits per heavy atom. The topological polar surface area (TPSA) is 55.4 Å². The molecular weight excluding hydrogens is 321 g/mol. The van der Waals surface area contributed by atoms with Gasteiger partial charge >= 0.3 is 5.97 Å². The van der Waals surface area contributed by atoms with Crippen molar-refractivity contribution in [2.75, 3.05) is 13.7 Å². The number of halogens is 1. The van der Waals surface area contributed by atoms with Crippen molar-refractivity contribution in [1.29, 1.82) is 0 Å². The first-order chi connectivity index (χ1) is 7.54. The molecule has 0 aromatic heterocycles. The lowest BCUT2D eigenvalue weighted by Gasteiger charge is -2.05. The Balaban J connectivity index is 2.66. The van der Waals surface area contributed by atoms with Gasteiger partial charge in [-0.1, -0.05) is 6.07 Å². The number of hydrogen-bond acceptors (Lipinski definition) is 3. The van der Waals surface area contributed by atoms with Gasteiger partial charge in [0.05, 0.1) is 7.11 Å². The van der Waals surface area contributed by atoms with E-state index in [-0.39, 0.29) is 12.5 Å². The van der Waals surface area contributed by atoms with Gasteiger partial charge in [-0.05, 0) is 47.2 Å². The molecule has 4 nitrogen and oxygen atoms in total. The number of carbonyl (C=O) groups excluding carboxylic acids is 2. The van der Waals surface area contributed by atoms with Crippen LogP contribution in [0.2, 0.25) is 0 Å². The molecule has 0 saturated heterocycles. The summed E-state index contributed by atoms with van der Waals surface area (Å²) in [4.78, 5) is 22.4. The van der Waals surface area contributed by atoms with Crippen LogP contribution in [0.15, 0.2) is 18.2 Å². The van der Waals surface area contributed by atoms with E-state index < -0.39 is 5.97 Å². The fraction of sp³-hybridized carbons (Fsp3) is 0.273. The average Bonchev–Trinajstić information content (AvgIpc) is 2.29. The zero-order valence-corrected chi connectivity index (χ0v) is 11.2. The molecule has 0 aliphatic carbocycles. The number of rotatable bonds is 3. The first-order valence-corrected chi connectivity index (χ1v) is 5.73. The minimum atomic E-state index is -0.463. The van der Waals surface area contributed by atoms with Gasteiger partial charge in [-0.15, -0.1) is 0 Å². The summed E-state index contributed by atoms with van der Waals surface area (Å²) in [6, 6.07) is 5.38. The van der Waals surface area contributed by atoms with Gasteiger partial charge in [0.15, 0.2) is 0 Å². The van der Waals surface area contributed by atoms with Gasteiger partial charge in [-0.25, -0.2) is 0 Å². The van der Waals surface area contributed by atoms with E-state index in [0.29, 0.717) is 5.56 Å². The summed E-state index contributed by atoms with van der Waals surface area (Å²) in [7, 11) is 1.28. The lowest BCUT2D eigenvalue weighted by atomic mass is 10.1. The Hall–Kier alpha value is -1.11. The van der Waals surface area contributed by atoms with E-state index in [1.165, 1.54) is 7.11 Å². The average molecular weight is 333 g/mol. The molecule has 0 aliphatic heterocycles. The molecule has 1 rings (SSSR count). The van der Waals surface area contributed by atoms with Gasteiger partial charge in [0.1, 0.15) is 6.54 Å². The number of carbonyl (C=O) groups is 2. The third kappa shape index (κ3) is 3.48. The molecule has 1 N–H and O–H groups in total. The normalized spacial score (nSPS) is 9.69. The quantitative estimate of drug-likeness (QED) is 0.674. The summed E-state index contributed by atoms with van der Waals surface area (Å²) in [5, 5.41) is 2.48. The fourth-order valence-corrected chi connectivity index (χ4v) is 1.58. The minimum Gasteiger partial charge on any atom is -0.468 e. The standard InChI is InChI=1S/C11H12INO3/c1-7-3-4-8(5-9(7)12)11(15)13-6-10(14)16-2/h3-5H,6H2,1-2H3,(H,13,15). The van der Waals surface area contributed by atoms with E-state index in [2.05, 4.69) is 32.6 Å². The summed E-state index contributed by atoms with van der Waals surface area (Å²) in [6.45, 7) is 1.86. The molecule has 0 aliphatic rings. The van der Waals surface area contributed by atoms with Crippen molar-refractivity contribution in [3.63, 3.8) is 0 Å². The van der Waals surface area contributed by atoms with Crippen LogP contribution >= 0.6 is 22.6 Å². The maximum atomic E-state index is 11.6. The van der Waals surface area contributed by atoms with E-state index in [9.17, 15) is 9.59 Å². The minimum absolute atomic E-state index is 0.111. The SMILES string of the molecule is COC(=O)CNC(=O)c1ccc(C)c(I)c1. The molecule has 0 bridgehead atoms. The van der Waals surface area contributed by atoms with Crippen molar-refractivity contribution >= 4 is 34.5 Å². The van der Waals surface area contributed by atoms with E-state index in [1.54, 1.807) is 12.1 Å². The predicted molar refractivity (Wildman–Crippen MR) is 68.2 cm³/mol. The molecule has 0 radical (unpaired) electrons. The van der Waals surface area contributed by atoms with Crippen LogP contribution in [0.25, 0.3) is 0 Å². The second-order valence-electron chi connectivity index (χ2n) is 3.22. The number of esters is 1. The molecule has 1 aromatic rings. The molecular formula is C11H12INO3. The number of amides is 1. The van der Waals surface area contributed by atoms with E-state index >= 15 is 0 Å². The summed E-state index contributed by atoms with van der Waals surface area (Å²) in [5.41, 5.74) is 1.66. The Kier molecular flexibility index (Phi) is 4.72. The van der Waals surface area contributed by atoms with E-state index in [0.717, 1.165) is 9.13 Å². The van der Waals surface area contributed by atoms with Crippen LogP contribution < -0.4 is 5.32 Å². The highest BCUT2D eigenvalue weighted by atomic mass is 127. The number of hydrogen-bond donors (Lipinski definition) is 1. The molecule has 0 saturated carbocycles. The largest absolute Gasteiger partial charge is 0.468 e. The third-order valence-electron chi connectivity index (χ3n) is 2.05. The highest BCUT2D eigenvalue weighted by Gasteiger charge is 2.08. The zero-order chi connectivity index (χ0) is 12.1. The Morgan fingerprint density at radius 1 is 1.44 bits per heavy atom. The second kappa shape index (κ2) is 5.83. The molecule has 0 atom stereocenters. The molecule has 0 unspecified atom stereocenters. The Labute approximate surface area is 108 Å². The highest BCUT2D eigenvalue weighted by molar-refractivity contribution is 14.1. The van der Waals surface area contributed by atoms with Crippen molar-refractivity contribution in [3.8, 4) is 0 Å². The Bertz CT molecular complexity index is 418. The number of methoxy groups -OCH3 is 1. The molecule has 0 spiro atoms. The molecule has 0 heterocycles. The molecule has 86 valence electrons. The number of benzene rings is 1. The van der Waals surface area contributed by atoms with Gasteiger partial charge in [0.2, 0.25) is 0 Å². The molecule has 1 aromatic carbocycles. The first kappa shape index (κ1) is 13.0. The fourth-order valence-electron chi connectivity index (χ4n) is 1.06. The second-order valence-corrected chi connectivity index (χ2v) is 4.38. The van der Waals surface area contributed by atoms with Crippen LogP contribution in [0, 0.1) is 10.5 Å². The molecule has 0 fully saturated rings. The van der Waals surface area contributed by atoms with Gasteiger partial charge in [-0.3, -0.25) is 9.59 Å². The van der Waals surface area contributed by atoms with Crippen LogP contribution in [0.1, 0.15) is 15.9 Å². The van der Waals surface area contributed by atoms with E-state index in [4.69, 9.17) is 0 Å². The van der Waals surface area contributed by atoms with Gasteiger partial charge in [0, 0.05) is 9.13 Å². The lowest BCUT2D eigenvalue weighted by Crippen LogP contribution is -2.30. The van der Waals surface area contributed by atoms with Crippen LogP contribution in [0.4, 0.5) is 0 Å². The lowest BCUT2D eigenvalue weighted by molar-refractivity contribution is -0.139. The number of nitrogens with one attached hydrogen (secondary N) is 1. The van der Waals surface area contributed by atoms with Crippen LogP contribution in [0.5, 0.6) is 0 Å². The maximum absolute atomic E-state index is 11.6. The third-order valence-corrected chi connectivity index (χ3v) is 3.22. The summed E-state index contributed by atoms with van der Waals surface area (Å²) in [5.74, 6) is -0.738. The molecule has 16 heavy (non-hydrogen) atoms. The van der Waals surface area contributed by atoms with Crippen molar-refractivity contribution < 1.29 is 14.3 Å². The molecule has 5 heteroatoms. The van der Waals surface area contributed by atoms with Crippen LogP contribution in [-0.4, -0.2) is 25.5 Å². The van der Waals surface area contributed by atoms with Crippen LogP contribution in [0.3, 0.4) is 0 Å². The van der Waals surface area contributed by atoms with Crippen molar-refractivity contribution in [2.24, 2.45) is 0 Å². The number of aryl methyl sites for hydroxylation is 1.